The number of nitrogens with zero attached hydrogens (tertiary/aromatic N) is 2. The van der Waals surface area contributed by atoms with Crippen LogP contribution in [0.1, 0.15) is 39.2 Å². The molecular weight excluding hydrogens is 276 g/mol. The molecule has 1 unspecified atom stereocenters. The molecule has 0 bridgehead atoms. The topological polar surface area (TPSA) is 72.6 Å². The normalized spacial score (nSPS) is 13.6. The Labute approximate surface area is 121 Å². The molecule has 0 aliphatic carbocycles. The zero-order valence-electron chi connectivity index (χ0n) is 12.0. The van der Waals surface area contributed by atoms with Gasteiger partial charge in [-0.1, -0.05) is 19.1 Å². The van der Waals surface area contributed by atoms with Crippen molar-refractivity contribution >= 4 is 22.9 Å². The van der Waals surface area contributed by atoms with Gasteiger partial charge in [-0.15, -0.1) is 0 Å². The molecule has 0 spiro atoms. The van der Waals surface area contributed by atoms with E-state index in [1.165, 1.54) is 6.07 Å². The zero-order chi connectivity index (χ0) is 15.2. The van der Waals surface area contributed by atoms with Gasteiger partial charge in [-0.3, -0.25) is 10.1 Å². The van der Waals surface area contributed by atoms with Crippen LogP contribution in [0.25, 0.3) is 0 Å². The van der Waals surface area contributed by atoms with Crippen LogP contribution in [-0.2, 0) is 17.4 Å². The fraction of sp³-hybridized carbons (Fsp3) is 0.500. The first-order chi connectivity index (χ1) is 9.36. The third-order valence-corrected chi connectivity index (χ3v) is 4.75. The van der Waals surface area contributed by atoms with Crippen LogP contribution in [0.5, 0.6) is 0 Å². The van der Waals surface area contributed by atoms with Gasteiger partial charge in [0.25, 0.3) is 5.69 Å². The Bertz CT molecular complexity index is 527. The number of nitro benzene ring substituents is 1. The van der Waals surface area contributed by atoms with E-state index >= 15 is 0 Å². The number of hydrogen-bond acceptors (Lipinski definition) is 3. The first-order valence-corrected chi connectivity index (χ1v) is 7.65. The molecule has 0 N–H and O–H groups in total. The molecule has 0 fully saturated rings. The molecule has 0 aliphatic rings. The zero-order valence-corrected chi connectivity index (χ0v) is 12.9. The Hall–Kier alpha value is -1.56. The first kappa shape index (κ1) is 16.5. The molecule has 5 nitrogen and oxygen atoms in total. The minimum atomic E-state index is -1.24. The van der Waals surface area contributed by atoms with E-state index in [0.717, 1.165) is 12.0 Å². The van der Waals surface area contributed by atoms with Gasteiger partial charge >= 0.3 is 0 Å². The van der Waals surface area contributed by atoms with E-state index in [2.05, 4.69) is 4.40 Å². The smallest absolute Gasteiger partial charge is 0.258 e. The van der Waals surface area contributed by atoms with Gasteiger partial charge in [0.2, 0.25) is 0 Å². The molecule has 0 aromatic heterocycles. The summed E-state index contributed by atoms with van der Waals surface area (Å²) in [4.78, 5) is 10.2. The number of rotatable bonds is 7. The maximum absolute atomic E-state index is 11.9. The van der Waals surface area contributed by atoms with Crippen LogP contribution >= 0.6 is 0 Å². The monoisotopic (exact) mass is 296 g/mol. The largest absolute Gasteiger partial charge is 0.269 e. The Balaban J connectivity index is 2.55. The van der Waals surface area contributed by atoms with Crippen LogP contribution in [0.2, 0.25) is 0 Å². The molecule has 1 rings (SSSR count). The van der Waals surface area contributed by atoms with Crippen LogP contribution in [0.15, 0.2) is 28.7 Å². The lowest BCUT2D eigenvalue weighted by Gasteiger charge is -2.17. The Morgan fingerprint density at radius 2 is 2.15 bits per heavy atom. The number of hydrogen-bond donors (Lipinski definition) is 0. The van der Waals surface area contributed by atoms with Crippen molar-refractivity contribution in [1.82, 2.24) is 0 Å². The molecule has 0 aliphatic heterocycles. The van der Waals surface area contributed by atoms with E-state index in [9.17, 15) is 14.3 Å². The lowest BCUT2D eigenvalue weighted by Crippen LogP contribution is -2.23. The highest BCUT2D eigenvalue weighted by atomic mass is 32.2. The van der Waals surface area contributed by atoms with Crippen molar-refractivity contribution in [2.24, 2.45) is 4.40 Å². The van der Waals surface area contributed by atoms with Crippen LogP contribution in [-0.4, -0.2) is 20.1 Å². The first-order valence-electron chi connectivity index (χ1n) is 6.54. The second-order valence-corrected chi connectivity index (χ2v) is 6.93. The lowest BCUT2D eigenvalue weighted by molar-refractivity contribution is -0.384. The quantitative estimate of drug-likeness (QED) is 0.439. The molecule has 1 aromatic rings. The minimum Gasteiger partial charge on any atom is -0.258 e. The summed E-state index contributed by atoms with van der Waals surface area (Å²) in [6.07, 6.45) is 3.70. The molecule has 0 saturated heterocycles. The molecule has 20 heavy (non-hydrogen) atoms. The number of benzene rings is 1. The number of nitro groups is 1. The summed E-state index contributed by atoms with van der Waals surface area (Å²) < 4.78 is 15.6. The summed E-state index contributed by atoms with van der Waals surface area (Å²) in [7, 11) is -1.24. The third-order valence-electron chi connectivity index (χ3n) is 3.18. The van der Waals surface area contributed by atoms with Gasteiger partial charge in [-0.05, 0) is 38.7 Å². The molecule has 6 heteroatoms. The van der Waals surface area contributed by atoms with Crippen LogP contribution in [0.3, 0.4) is 0 Å². The average Bonchev–Trinajstić information content (AvgIpc) is 2.43. The Morgan fingerprint density at radius 3 is 2.75 bits per heavy atom. The van der Waals surface area contributed by atoms with Gasteiger partial charge in [0.05, 0.1) is 9.67 Å². The highest BCUT2D eigenvalue weighted by Crippen LogP contribution is 2.18. The Morgan fingerprint density at radius 1 is 1.45 bits per heavy atom. The molecule has 1 atom stereocenters. The number of non-ortho nitro benzene ring substituents is 1. The van der Waals surface area contributed by atoms with Crippen molar-refractivity contribution in [1.29, 1.82) is 0 Å². The van der Waals surface area contributed by atoms with Gasteiger partial charge in [0, 0.05) is 18.3 Å². The van der Waals surface area contributed by atoms with E-state index in [-0.39, 0.29) is 10.4 Å². The van der Waals surface area contributed by atoms with E-state index in [1.54, 1.807) is 18.3 Å². The summed E-state index contributed by atoms with van der Waals surface area (Å²) in [5.74, 6) is 0. The van der Waals surface area contributed by atoms with Crippen molar-refractivity contribution in [3.63, 3.8) is 0 Å². The van der Waals surface area contributed by atoms with Crippen molar-refractivity contribution in [2.75, 3.05) is 0 Å². The summed E-state index contributed by atoms with van der Waals surface area (Å²) in [6, 6.07) is 6.54. The highest BCUT2D eigenvalue weighted by molar-refractivity contribution is 7.85. The molecule has 0 amide bonds. The highest BCUT2D eigenvalue weighted by Gasteiger charge is 2.22. The van der Waals surface area contributed by atoms with Crippen LogP contribution in [0.4, 0.5) is 5.69 Å². The maximum Gasteiger partial charge on any atom is 0.269 e. The second kappa shape index (κ2) is 7.28. The fourth-order valence-electron chi connectivity index (χ4n) is 1.44. The van der Waals surface area contributed by atoms with Crippen molar-refractivity contribution in [2.45, 2.75) is 44.8 Å². The average molecular weight is 296 g/mol. The van der Waals surface area contributed by atoms with Crippen molar-refractivity contribution < 1.29 is 9.13 Å². The molecule has 1 aromatic carbocycles. The second-order valence-electron chi connectivity index (χ2n) is 5.12. The van der Waals surface area contributed by atoms with E-state index in [4.69, 9.17) is 0 Å². The fourth-order valence-corrected chi connectivity index (χ4v) is 2.22. The van der Waals surface area contributed by atoms with E-state index in [0.29, 0.717) is 12.8 Å². The summed E-state index contributed by atoms with van der Waals surface area (Å²) in [6.45, 7) is 5.82. The van der Waals surface area contributed by atoms with Crippen molar-refractivity contribution in [3.8, 4) is 0 Å². The molecule has 0 heterocycles. The molecule has 0 saturated carbocycles. The van der Waals surface area contributed by atoms with Gasteiger partial charge in [0.1, 0.15) is 11.0 Å². The maximum atomic E-state index is 11.9. The standard InChI is InChI=1S/C14H20N2O3S/c1-4-14(2,3)20(19)15-10-6-8-12-7-5-9-13(11-12)16(17)18/h5,7,9-11H,4,6,8H2,1-3H3. The van der Waals surface area contributed by atoms with E-state index < -0.39 is 15.9 Å². The van der Waals surface area contributed by atoms with Crippen LogP contribution in [0, 0.1) is 10.1 Å². The number of aryl methyl sites for hydroxylation is 1. The van der Waals surface area contributed by atoms with Gasteiger partial charge < -0.3 is 0 Å². The molecular formula is C14H20N2O3S. The van der Waals surface area contributed by atoms with Gasteiger partial charge in [-0.25, -0.2) is 4.21 Å². The SMILES string of the molecule is CCC(C)(C)S(=O)N=CCCc1cccc([N+](=O)[O-])c1. The summed E-state index contributed by atoms with van der Waals surface area (Å²) in [5.41, 5.74) is 0.973. The van der Waals surface area contributed by atoms with Gasteiger partial charge in [-0.2, -0.15) is 4.40 Å². The predicted molar refractivity (Wildman–Crippen MR) is 82.4 cm³/mol. The van der Waals surface area contributed by atoms with Crippen molar-refractivity contribution in [3.05, 3.63) is 39.9 Å². The summed E-state index contributed by atoms with van der Waals surface area (Å²) >= 11 is 0. The summed E-state index contributed by atoms with van der Waals surface area (Å²) in [5, 5.41) is 10.7. The minimum absolute atomic E-state index is 0.0927. The molecule has 0 radical (unpaired) electrons. The predicted octanol–water partition coefficient (Wildman–Crippen LogP) is 3.45. The van der Waals surface area contributed by atoms with E-state index in [1.807, 2.05) is 26.8 Å². The Kier molecular flexibility index (Phi) is 6.01. The lowest BCUT2D eigenvalue weighted by atomic mass is 10.1. The molecule has 110 valence electrons. The van der Waals surface area contributed by atoms with Crippen LogP contribution < -0.4 is 0 Å². The van der Waals surface area contributed by atoms with Gasteiger partial charge in [0.15, 0.2) is 0 Å². The third kappa shape index (κ3) is 4.85.